The standard InChI is InChI=1S/C25H26ClFN6O5/c1-13(23-31-21(22(34)25(36)32(23)3)24(35)30-16-10-29-38-12-16)20(17-9-15(27)5-6-19(17)26)18-11-28-33(14(18)2)7-8-37-4/h5-6,9-13,20,34H,7-8H2,1-4H3,(H,30,35)/t13-,20+/m0/s1. The van der Waals surface area contributed by atoms with Crippen LogP contribution in [0.25, 0.3) is 0 Å². The summed E-state index contributed by atoms with van der Waals surface area (Å²) in [4.78, 5) is 30.3. The molecule has 1 amide bonds. The maximum absolute atomic E-state index is 14.4. The SMILES string of the molecule is COCCn1ncc([C@@H](c2cc(F)ccc2Cl)[C@H](C)c2nc(C(=O)Nc3cnoc3)c(O)c(=O)n2C)c1C. The molecule has 0 unspecified atom stereocenters. The molecule has 11 nitrogen and oxygen atoms in total. The Morgan fingerprint density at radius 2 is 2.08 bits per heavy atom. The molecule has 4 rings (SSSR count). The summed E-state index contributed by atoms with van der Waals surface area (Å²) in [6.07, 6.45) is 4.10. The van der Waals surface area contributed by atoms with E-state index < -0.39 is 40.6 Å². The number of nitrogens with one attached hydrogen (secondary N) is 1. The number of carbonyl (C=O) groups is 1. The second-order valence-electron chi connectivity index (χ2n) is 8.73. The number of halogens is 2. The van der Waals surface area contributed by atoms with Crippen molar-refractivity contribution in [2.45, 2.75) is 32.2 Å². The molecule has 0 saturated carbocycles. The Morgan fingerprint density at radius 3 is 2.76 bits per heavy atom. The highest BCUT2D eigenvalue weighted by atomic mass is 35.5. The van der Waals surface area contributed by atoms with Crippen LogP contribution in [0.1, 0.15) is 51.9 Å². The van der Waals surface area contributed by atoms with Crippen LogP contribution < -0.4 is 10.9 Å². The van der Waals surface area contributed by atoms with Gasteiger partial charge in [-0.15, -0.1) is 0 Å². The molecule has 0 aliphatic heterocycles. The molecule has 0 saturated heterocycles. The lowest BCUT2D eigenvalue weighted by Gasteiger charge is -2.27. The topological polar surface area (TPSA) is 137 Å². The number of aromatic hydroxyl groups is 1. The molecule has 38 heavy (non-hydrogen) atoms. The molecule has 0 spiro atoms. The Hall–Kier alpha value is -4.03. The molecular formula is C25H26ClFN6O5. The Kier molecular flexibility index (Phi) is 7.93. The Balaban J connectivity index is 1.86. The predicted octanol–water partition coefficient (Wildman–Crippen LogP) is 3.61. The summed E-state index contributed by atoms with van der Waals surface area (Å²) in [7, 11) is 3.02. The van der Waals surface area contributed by atoms with E-state index >= 15 is 0 Å². The molecule has 4 aromatic rings. The average molecular weight is 545 g/mol. The van der Waals surface area contributed by atoms with Crippen molar-refractivity contribution in [2.75, 3.05) is 19.0 Å². The quantitative estimate of drug-likeness (QED) is 0.326. The smallest absolute Gasteiger partial charge is 0.296 e. The van der Waals surface area contributed by atoms with Crippen LogP contribution in [-0.4, -0.2) is 49.2 Å². The lowest BCUT2D eigenvalue weighted by atomic mass is 9.81. The lowest BCUT2D eigenvalue weighted by Crippen LogP contribution is -2.29. The maximum atomic E-state index is 14.4. The predicted molar refractivity (Wildman–Crippen MR) is 136 cm³/mol. The van der Waals surface area contributed by atoms with Gasteiger partial charge in [0.05, 0.1) is 25.5 Å². The van der Waals surface area contributed by atoms with Crippen LogP contribution >= 0.6 is 11.6 Å². The number of benzene rings is 1. The molecule has 0 bridgehead atoms. The highest BCUT2D eigenvalue weighted by Gasteiger charge is 2.32. The maximum Gasteiger partial charge on any atom is 0.296 e. The van der Waals surface area contributed by atoms with Gasteiger partial charge in [0.1, 0.15) is 23.6 Å². The zero-order chi connectivity index (χ0) is 27.6. The van der Waals surface area contributed by atoms with Crippen molar-refractivity contribution in [2.24, 2.45) is 7.05 Å². The van der Waals surface area contributed by atoms with E-state index in [9.17, 15) is 19.1 Å². The first kappa shape index (κ1) is 27.0. The van der Waals surface area contributed by atoms with Crippen molar-refractivity contribution in [3.05, 3.63) is 86.4 Å². The first-order chi connectivity index (χ1) is 18.1. The fraction of sp³-hybridized carbons (Fsp3) is 0.320. The number of hydrogen-bond donors (Lipinski definition) is 2. The van der Waals surface area contributed by atoms with E-state index in [0.717, 1.165) is 15.8 Å². The molecule has 3 aromatic heterocycles. The molecule has 0 radical (unpaired) electrons. The Morgan fingerprint density at radius 1 is 1.32 bits per heavy atom. The second kappa shape index (κ2) is 11.2. The summed E-state index contributed by atoms with van der Waals surface area (Å²) < 4.78 is 27.2. The number of rotatable bonds is 9. The van der Waals surface area contributed by atoms with Crippen molar-refractivity contribution in [1.82, 2.24) is 24.5 Å². The number of aromatic nitrogens is 5. The Bertz CT molecular complexity index is 1520. The fourth-order valence-electron chi connectivity index (χ4n) is 4.41. The summed E-state index contributed by atoms with van der Waals surface area (Å²) in [5, 5.41) is 21.2. The zero-order valence-corrected chi connectivity index (χ0v) is 21.9. The van der Waals surface area contributed by atoms with Gasteiger partial charge < -0.3 is 19.7 Å². The van der Waals surface area contributed by atoms with Gasteiger partial charge in [-0.25, -0.2) is 9.37 Å². The molecule has 0 aliphatic carbocycles. The van der Waals surface area contributed by atoms with Crippen molar-refractivity contribution >= 4 is 23.2 Å². The molecule has 13 heteroatoms. The highest BCUT2D eigenvalue weighted by Crippen LogP contribution is 2.42. The molecule has 0 fully saturated rings. The summed E-state index contributed by atoms with van der Waals surface area (Å²) in [6, 6.07) is 4.04. The third kappa shape index (κ3) is 5.18. The first-order valence-electron chi connectivity index (χ1n) is 11.6. The van der Waals surface area contributed by atoms with E-state index in [4.69, 9.17) is 20.9 Å². The van der Waals surface area contributed by atoms with Gasteiger partial charge in [-0.2, -0.15) is 5.10 Å². The first-order valence-corrected chi connectivity index (χ1v) is 12.0. The minimum absolute atomic E-state index is 0.164. The van der Waals surface area contributed by atoms with E-state index in [-0.39, 0.29) is 11.5 Å². The van der Waals surface area contributed by atoms with Crippen LogP contribution in [0.2, 0.25) is 5.02 Å². The van der Waals surface area contributed by atoms with Crippen molar-refractivity contribution in [3.8, 4) is 5.75 Å². The molecule has 2 atom stereocenters. The molecule has 0 aliphatic rings. The summed E-state index contributed by atoms with van der Waals surface area (Å²) >= 11 is 6.55. The number of amides is 1. The van der Waals surface area contributed by atoms with Gasteiger partial charge >= 0.3 is 0 Å². The fourth-order valence-corrected chi connectivity index (χ4v) is 4.64. The Labute approximate surface area is 221 Å². The molecule has 2 N–H and O–H groups in total. The molecular weight excluding hydrogens is 519 g/mol. The third-order valence-corrected chi connectivity index (χ3v) is 6.73. The van der Waals surface area contributed by atoms with Gasteiger partial charge in [-0.05, 0) is 30.7 Å². The second-order valence-corrected chi connectivity index (χ2v) is 9.14. The molecule has 3 heterocycles. The average Bonchev–Trinajstić information content (AvgIpc) is 3.53. The van der Waals surface area contributed by atoms with Gasteiger partial charge in [-0.1, -0.05) is 23.7 Å². The van der Waals surface area contributed by atoms with E-state index in [2.05, 4.69) is 20.6 Å². The zero-order valence-electron chi connectivity index (χ0n) is 21.1. The molecule has 200 valence electrons. The van der Waals surface area contributed by atoms with Gasteiger partial charge in [0.25, 0.3) is 11.5 Å². The number of ether oxygens (including phenoxy) is 1. The largest absolute Gasteiger partial charge is 0.501 e. The number of methoxy groups -OCH3 is 1. The molecule has 1 aromatic carbocycles. The number of hydrogen-bond acceptors (Lipinski definition) is 8. The summed E-state index contributed by atoms with van der Waals surface area (Å²) in [6.45, 7) is 4.56. The van der Waals surface area contributed by atoms with E-state index in [1.165, 1.54) is 37.7 Å². The van der Waals surface area contributed by atoms with Crippen molar-refractivity contribution < 1.29 is 23.6 Å². The number of carbonyl (C=O) groups excluding carboxylic acids is 1. The lowest BCUT2D eigenvalue weighted by molar-refractivity contribution is 0.101. The number of anilines is 1. The number of nitrogens with zero attached hydrogens (tertiary/aromatic N) is 5. The van der Waals surface area contributed by atoms with Crippen LogP contribution in [-0.2, 0) is 18.3 Å². The monoisotopic (exact) mass is 544 g/mol. The minimum atomic E-state index is -0.833. The van der Waals surface area contributed by atoms with Gasteiger partial charge in [-0.3, -0.25) is 18.8 Å². The van der Waals surface area contributed by atoms with Crippen LogP contribution in [0, 0.1) is 12.7 Å². The minimum Gasteiger partial charge on any atom is -0.501 e. The van der Waals surface area contributed by atoms with E-state index in [0.29, 0.717) is 23.7 Å². The summed E-state index contributed by atoms with van der Waals surface area (Å²) in [5.41, 5.74) is 0.871. The van der Waals surface area contributed by atoms with E-state index in [1.807, 2.05) is 6.92 Å². The normalized spacial score (nSPS) is 12.9. The van der Waals surface area contributed by atoms with Crippen LogP contribution in [0.5, 0.6) is 5.75 Å². The van der Waals surface area contributed by atoms with Crippen molar-refractivity contribution in [1.29, 1.82) is 0 Å². The highest BCUT2D eigenvalue weighted by molar-refractivity contribution is 6.31. The summed E-state index contributed by atoms with van der Waals surface area (Å²) in [5.74, 6) is -3.23. The van der Waals surface area contributed by atoms with Crippen LogP contribution in [0.3, 0.4) is 0 Å². The van der Waals surface area contributed by atoms with Crippen LogP contribution in [0.15, 0.2) is 46.2 Å². The van der Waals surface area contributed by atoms with Crippen molar-refractivity contribution in [3.63, 3.8) is 0 Å². The van der Waals surface area contributed by atoms with Gasteiger partial charge in [0.2, 0.25) is 5.75 Å². The van der Waals surface area contributed by atoms with Gasteiger partial charge in [0.15, 0.2) is 5.69 Å². The van der Waals surface area contributed by atoms with Gasteiger partial charge in [0, 0.05) is 42.3 Å². The van der Waals surface area contributed by atoms with Crippen LogP contribution in [0.4, 0.5) is 10.1 Å². The van der Waals surface area contributed by atoms with E-state index in [1.54, 1.807) is 24.9 Å². The third-order valence-electron chi connectivity index (χ3n) is 6.39.